The van der Waals surface area contributed by atoms with E-state index in [-0.39, 0.29) is 17.2 Å². The molecule has 3 rings (SSSR count). The zero-order valence-electron chi connectivity index (χ0n) is 15.8. The number of furan rings is 1. The van der Waals surface area contributed by atoms with Crippen LogP contribution in [-0.2, 0) is 11.3 Å². The van der Waals surface area contributed by atoms with Gasteiger partial charge in [0.2, 0.25) is 11.7 Å². The number of carbonyl (C=O) groups is 1. The molecule has 1 aromatic carbocycles. The van der Waals surface area contributed by atoms with E-state index >= 15 is 0 Å². The predicted octanol–water partition coefficient (Wildman–Crippen LogP) is 3.98. The molecule has 0 atom stereocenters. The van der Waals surface area contributed by atoms with Crippen molar-refractivity contribution in [1.29, 1.82) is 0 Å². The Bertz CT molecular complexity index is 873. The van der Waals surface area contributed by atoms with Crippen molar-refractivity contribution in [2.45, 2.75) is 44.4 Å². The van der Waals surface area contributed by atoms with Crippen molar-refractivity contribution in [3.63, 3.8) is 0 Å². The summed E-state index contributed by atoms with van der Waals surface area (Å²) >= 11 is 1.38. The number of hydrogen-bond acceptors (Lipinski definition) is 5. The molecule has 2 aromatic heterocycles. The average molecular weight is 385 g/mol. The maximum absolute atomic E-state index is 12.3. The first-order valence-corrected chi connectivity index (χ1v) is 9.92. The first-order valence-electron chi connectivity index (χ1n) is 8.93. The molecular weight excluding hydrogens is 360 g/mol. The molecule has 6 nitrogen and oxygen atoms in total. The summed E-state index contributed by atoms with van der Waals surface area (Å²) in [5.74, 6) is 1.58. The van der Waals surface area contributed by atoms with Gasteiger partial charge in [0.1, 0.15) is 0 Å². The van der Waals surface area contributed by atoms with Gasteiger partial charge in [-0.2, -0.15) is 0 Å². The van der Waals surface area contributed by atoms with Crippen LogP contribution in [0.15, 0.2) is 58.3 Å². The van der Waals surface area contributed by atoms with Crippen LogP contribution in [0, 0.1) is 0 Å². The van der Waals surface area contributed by atoms with Crippen molar-refractivity contribution in [3.8, 4) is 11.6 Å². The van der Waals surface area contributed by atoms with Gasteiger partial charge in [-0.1, -0.05) is 49.0 Å². The molecule has 1 amide bonds. The molecule has 0 bridgehead atoms. The molecule has 0 unspecified atom stereocenters. The summed E-state index contributed by atoms with van der Waals surface area (Å²) < 4.78 is 7.49. The smallest absolute Gasteiger partial charge is 0.230 e. The molecule has 0 radical (unpaired) electrons. The molecule has 1 N–H and O–H groups in total. The van der Waals surface area contributed by atoms with Crippen LogP contribution in [0.25, 0.3) is 11.6 Å². The Morgan fingerprint density at radius 1 is 1.19 bits per heavy atom. The van der Waals surface area contributed by atoms with Gasteiger partial charge in [0, 0.05) is 5.54 Å². The molecule has 27 heavy (non-hydrogen) atoms. The molecule has 0 aliphatic heterocycles. The first-order chi connectivity index (χ1) is 13.0. The van der Waals surface area contributed by atoms with Crippen LogP contribution in [0.4, 0.5) is 0 Å². The number of carbonyl (C=O) groups excluding carboxylic acids is 1. The largest absolute Gasteiger partial charge is 0.461 e. The molecular formula is C20H24N4O2S. The summed E-state index contributed by atoms with van der Waals surface area (Å²) in [4.78, 5) is 12.3. The number of hydrogen-bond donors (Lipinski definition) is 1. The van der Waals surface area contributed by atoms with E-state index in [2.05, 4.69) is 34.6 Å². The summed E-state index contributed by atoms with van der Waals surface area (Å²) in [5.41, 5.74) is 0.915. The van der Waals surface area contributed by atoms with Gasteiger partial charge in [-0.05, 0) is 38.0 Å². The Labute approximate surface area is 163 Å². The second-order valence-electron chi connectivity index (χ2n) is 6.93. The molecule has 0 aliphatic rings. The third-order valence-electron chi connectivity index (χ3n) is 4.34. The second kappa shape index (κ2) is 8.43. The number of nitrogens with one attached hydrogen (secondary N) is 1. The van der Waals surface area contributed by atoms with E-state index in [4.69, 9.17) is 4.42 Å². The van der Waals surface area contributed by atoms with Crippen LogP contribution < -0.4 is 5.32 Å². The lowest BCUT2D eigenvalue weighted by Crippen LogP contribution is -2.43. The zero-order chi connectivity index (χ0) is 19.3. The molecule has 0 fully saturated rings. The van der Waals surface area contributed by atoms with E-state index in [0.717, 1.165) is 12.0 Å². The monoisotopic (exact) mass is 384 g/mol. The minimum absolute atomic E-state index is 0.0133. The van der Waals surface area contributed by atoms with Gasteiger partial charge in [0.15, 0.2) is 10.9 Å². The quantitative estimate of drug-likeness (QED) is 0.595. The van der Waals surface area contributed by atoms with Crippen LogP contribution in [0.2, 0.25) is 0 Å². The number of amides is 1. The predicted molar refractivity (Wildman–Crippen MR) is 107 cm³/mol. The van der Waals surface area contributed by atoms with Crippen LogP contribution in [0.3, 0.4) is 0 Å². The third kappa shape index (κ3) is 5.01. The Hall–Kier alpha value is -2.54. The average Bonchev–Trinajstić information content (AvgIpc) is 3.30. The molecule has 0 saturated carbocycles. The van der Waals surface area contributed by atoms with E-state index in [9.17, 15) is 4.79 Å². The van der Waals surface area contributed by atoms with Crippen LogP contribution in [0.1, 0.15) is 32.8 Å². The summed E-state index contributed by atoms with van der Waals surface area (Å²) in [6.45, 7) is 6.69. The lowest BCUT2D eigenvalue weighted by atomic mass is 10.0. The Balaban J connectivity index is 1.79. The third-order valence-corrected chi connectivity index (χ3v) is 5.30. The second-order valence-corrected chi connectivity index (χ2v) is 7.87. The molecule has 3 aromatic rings. The van der Waals surface area contributed by atoms with Crippen molar-refractivity contribution in [2.75, 3.05) is 5.75 Å². The van der Waals surface area contributed by atoms with E-state index < -0.39 is 0 Å². The Kier molecular flexibility index (Phi) is 6.01. The highest BCUT2D eigenvalue weighted by Crippen LogP contribution is 2.25. The SMILES string of the molecule is CCC(C)(C)NC(=O)CSc1nnc(-c2ccco2)n1Cc1ccccc1. The minimum atomic E-state index is -0.214. The summed E-state index contributed by atoms with van der Waals surface area (Å²) in [7, 11) is 0. The number of nitrogens with zero attached hydrogens (tertiary/aromatic N) is 3. The van der Waals surface area contributed by atoms with E-state index in [1.165, 1.54) is 11.8 Å². The van der Waals surface area contributed by atoms with Crippen molar-refractivity contribution in [1.82, 2.24) is 20.1 Å². The standard InChI is InChI=1S/C20H24N4O2S/c1-4-20(2,3)21-17(25)14-27-19-23-22-18(16-11-8-12-26-16)24(19)13-15-9-6-5-7-10-15/h5-12H,4,13-14H2,1-3H3,(H,21,25). The first kappa shape index (κ1) is 19.2. The molecule has 0 aliphatic carbocycles. The summed E-state index contributed by atoms with van der Waals surface area (Å²) in [6.07, 6.45) is 2.49. The fourth-order valence-corrected chi connectivity index (χ4v) is 3.26. The van der Waals surface area contributed by atoms with Crippen LogP contribution >= 0.6 is 11.8 Å². The van der Waals surface area contributed by atoms with E-state index in [0.29, 0.717) is 23.3 Å². The van der Waals surface area contributed by atoms with Gasteiger partial charge in [-0.3, -0.25) is 9.36 Å². The maximum Gasteiger partial charge on any atom is 0.230 e. The number of rotatable bonds is 8. The lowest BCUT2D eigenvalue weighted by Gasteiger charge is -2.24. The van der Waals surface area contributed by atoms with E-state index in [1.54, 1.807) is 6.26 Å². The zero-order valence-corrected chi connectivity index (χ0v) is 16.6. The molecule has 2 heterocycles. The van der Waals surface area contributed by atoms with Gasteiger partial charge in [-0.25, -0.2) is 0 Å². The number of thioether (sulfide) groups is 1. The molecule has 7 heteroatoms. The van der Waals surface area contributed by atoms with Crippen molar-refractivity contribution >= 4 is 17.7 Å². The fourth-order valence-electron chi connectivity index (χ4n) is 2.52. The van der Waals surface area contributed by atoms with Crippen molar-refractivity contribution in [2.24, 2.45) is 0 Å². The number of benzene rings is 1. The normalized spacial score (nSPS) is 11.5. The van der Waals surface area contributed by atoms with Crippen LogP contribution in [-0.4, -0.2) is 32.0 Å². The highest BCUT2D eigenvalue weighted by atomic mass is 32.2. The van der Waals surface area contributed by atoms with Crippen molar-refractivity contribution < 1.29 is 9.21 Å². The summed E-state index contributed by atoms with van der Waals surface area (Å²) in [6, 6.07) is 13.8. The molecule has 0 spiro atoms. The van der Waals surface area contributed by atoms with Gasteiger partial charge in [-0.15, -0.1) is 10.2 Å². The lowest BCUT2D eigenvalue weighted by molar-refractivity contribution is -0.120. The maximum atomic E-state index is 12.3. The van der Waals surface area contributed by atoms with Crippen molar-refractivity contribution in [3.05, 3.63) is 54.3 Å². The van der Waals surface area contributed by atoms with Gasteiger partial charge in [0.25, 0.3) is 0 Å². The minimum Gasteiger partial charge on any atom is -0.461 e. The Morgan fingerprint density at radius 3 is 2.63 bits per heavy atom. The number of aromatic nitrogens is 3. The topological polar surface area (TPSA) is 73.0 Å². The van der Waals surface area contributed by atoms with Gasteiger partial charge in [0.05, 0.1) is 18.6 Å². The van der Waals surface area contributed by atoms with Crippen LogP contribution in [0.5, 0.6) is 0 Å². The highest BCUT2D eigenvalue weighted by molar-refractivity contribution is 7.99. The van der Waals surface area contributed by atoms with Gasteiger partial charge < -0.3 is 9.73 Å². The highest BCUT2D eigenvalue weighted by Gasteiger charge is 2.20. The molecule has 142 valence electrons. The summed E-state index contributed by atoms with van der Waals surface area (Å²) in [5, 5.41) is 12.3. The Morgan fingerprint density at radius 2 is 1.96 bits per heavy atom. The molecule has 0 saturated heterocycles. The van der Waals surface area contributed by atoms with E-state index in [1.807, 2.05) is 48.7 Å². The van der Waals surface area contributed by atoms with Gasteiger partial charge >= 0.3 is 0 Å². The fraction of sp³-hybridized carbons (Fsp3) is 0.350.